The minimum Gasteiger partial charge on any atom is -0.394 e. The van der Waals surface area contributed by atoms with Gasteiger partial charge in [0.15, 0.2) is 0 Å². The normalized spacial score (nSPS) is 13.2. The SMILES string of the molecule is CCCCCC(C)=O.O=C[C@@H](O)C[C@H](O)CO. The Labute approximate surface area is 102 Å². The number of ketones is 1. The Balaban J connectivity index is 0. The number of hydrogen-bond acceptors (Lipinski definition) is 5. The quantitative estimate of drug-likeness (QED) is 0.428. The molecule has 102 valence electrons. The van der Waals surface area contributed by atoms with Gasteiger partial charge >= 0.3 is 0 Å². The number of aliphatic hydroxyl groups excluding tert-OH is 3. The average Bonchev–Trinajstić information content (AvgIpc) is 2.29. The van der Waals surface area contributed by atoms with E-state index >= 15 is 0 Å². The van der Waals surface area contributed by atoms with Crippen molar-refractivity contribution in [1.82, 2.24) is 0 Å². The molecule has 0 saturated heterocycles. The third-order valence-electron chi connectivity index (χ3n) is 2.01. The summed E-state index contributed by atoms with van der Waals surface area (Å²) in [5.41, 5.74) is 0. The zero-order valence-electron chi connectivity index (χ0n) is 10.6. The molecule has 0 spiro atoms. The molecule has 0 aliphatic heterocycles. The molecule has 2 atom stereocenters. The van der Waals surface area contributed by atoms with Gasteiger partial charge in [0.2, 0.25) is 0 Å². The van der Waals surface area contributed by atoms with E-state index in [0.717, 1.165) is 12.8 Å². The van der Waals surface area contributed by atoms with E-state index < -0.39 is 18.8 Å². The average molecular weight is 248 g/mol. The Bertz CT molecular complexity index is 193. The molecule has 0 radical (unpaired) electrons. The summed E-state index contributed by atoms with van der Waals surface area (Å²) in [6, 6.07) is 0. The van der Waals surface area contributed by atoms with Crippen molar-refractivity contribution in [3.63, 3.8) is 0 Å². The molecule has 0 aliphatic carbocycles. The van der Waals surface area contributed by atoms with Crippen LogP contribution in [0.15, 0.2) is 0 Å². The predicted octanol–water partition coefficient (Wildman–Crippen LogP) is 0.445. The fourth-order valence-corrected chi connectivity index (χ4v) is 1.03. The van der Waals surface area contributed by atoms with Crippen LogP contribution in [0.3, 0.4) is 0 Å². The van der Waals surface area contributed by atoms with Crippen LogP contribution in [-0.4, -0.2) is 46.2 Å². The van der Waals surface area contributed by atoms with Crippen molar-refractivity contribution in [3.05, 3.63) is 0 Å². The predicted molar refractivity (Wildman–Crippen MR) is 64.6 cm³/mol. The van der Waals surface area contributed by atoms with Gasteiger partial charge in [-0.3, -0.25) is 0 Å². The van der Waals surface area contributed by atoms with E-state index in [-0.39, 0.29) is 6.42 Å². The van der Waals surface area contributed by atoms with E-state index in [1.54, 1.807) is 6.92 Å². The van der Waals surface area contributed by atoms with Crippen LogP contribution in [0.4, 0.5) is 0 Å². The summed E-state index contributed by atoms with van der Waals surface area (Å²) < 4.78 is 0. The molecule has 0 fully saturated rings. The van der Waals surface area contributed by atoms with Gasteiger partial charge in [-0.1, -0.05) is 19.8 Å². The van der Waals surface area contributed by atoms with Crippen molar-refractivity contribution < 1.29 is 24.9 Å². The van der Waals surface area contributed by atoms with Gasteiger partial charge in [0, 0.05) is 12.8 Å². The van der Waals surface area contributed by atoms with Crippen LogP contribution in [0.2, 0.25) is 0 Å². The first-order valence-corrected chi connectivity index (χ1v) is 5.89. The first-order valence-electron chi connectivity index (χ1n) is 5.89. The zero-order valence-corrected chi connectivity index (χ0v) is 10.6. The van der Waals surface area contributed by atoms with Crippen LogP contribution in [0.1, 0.15) is 46.0 Å². The Hall–Kier alpha value is -0.780. The van der Waals surface area contributed by atoms with Crippen molar-refractivity contribution in [2.45, 2.75) is 58.2 Å². The van der Waals surface area contributed by atoms with Crippen LogP contribution in [0, 0.1) is 0 Å². The van der Waals surface area contributed by atoms with Crippen LogP contribution >= 0.6 is 0 Å². The maximum atomic E-state index is 10.3. The molecule has 3 N–H and O–H groups in total. The fraction of sp³-hybridized carbons (Fsp3) is 0.833. The number of carbonyl (C=O) groups is 2. The molecule has 5 heteroatoms. The monoisotopic (exact) mass is 248 g/mol. The fourth-order valence-electron chi connectivity index (χ4n) is 1.03. The van der Waals surface area contributed by atoms with Gasteiger partial charge in [-0.2, -0.15) is 0 Å². The minimum absolute atomic E-state index is 0.0972. The zero-order chi connectivity index (χ0) is 13.7. The van der Waals surface area contributed by atoms with Gasteiger partial charge in [-0.05, 0) is 13.3 Å². The number of rotatable bonds is 8. The summed E-state index contributed by atoms with van der Waals surface area (Å²) >= 11 is 0. The first-order chi connectivity index (χ1) is 7.97. The third-order valence-corrected chi connectivity index (χ3v) is 2.01. The second-order valence-corrected chi connectivity index (χ2v) is 3.93. The lowest BCUT2D eigenvalue weighted by Gasteiger charge is -2.06. The number of carbonyl (C=O) groups excluding carboxylic acids is 2. The van der Waals surface area contributed by atoms with Crippen LogP contribution in [-0.2, 0) is 9.59 Å². The van der Waals surface area contributed by atoms with Crippen LogP contribution in [0.5, 0.6) is 0 Å². The maximum absolute atomic E-state index is 10.3. The van der Waals surface area contributed by atoms with E-state index in [1.807, 2.05) is 0 Å². The number of aldehydes is 1. The molecule has 0 heterocycles. The molecule has 0 aromatic rings. The smallest absolute Gasteiger partial charge is 0.148 e. The molecule has 17 heavy (non-hydrogen) atoms. The van der Waals surface area contributed by atoms with E-state index in [1.165, 1.54) is 12.8 Å². The molecular weight excluding hydrogens is 224 g/mol. The second kappa shape index (κ2) is 13.3. The van der Waals surface area contributed by atoms with Crippen molar-refractivity contribution >= 4 is 12.1 Å². The number of Topliss-reactive ketones (excluding diaryl/α,β-unsaturated/α-hetero) is 1. The standard InChI is InChI=1S/C7H14O.C5H10O4/c1-3-4-5-6-7(2)8;6-2-4(8)1-5(9)3-7/h3-6H2,1-2H3;2,4-5,7-9H,1,3H2/t;4-,5-/m.0/s1. The van der Waals surface area contributed by atoms with Crippen molar-refractivity contribution in [3.8, 4) is 0 Å². The lowest BCUT2D eigenvalue weighted by atomic mass is 10.2. The summed E-state index contributed by atoms with van der Waals surface area (Å²) in [5.74, 6) is 0.318. The Morgan fingerprint density at radius 1 is 1.29 bits per heavy atom. The third kappa shape index (κ3) is 17.8. The molecule has 0 unspecified atom stereocenters. The molecule has 0 aliphatic rings. The van der Waals surface area contributed by atoms with E-state index in [4.69, 9.17) is 15.3 Å². The topological polar surface area (TPSA) is 94.8 Å². The second-order valence-electron chi connectivity index (χ2n) is 3.93. The summed E-state index contributed by atoms with van der Waals surface area (Å²) in [5, 5.41) is 25.3. The van der Waals surface area contributed by atoms with Crippen molar-refractivity contribution in [1.29, 1.82) is 0 Å². The van der Waals surface area contributed by atoms with Gasteiger partial charge in [0.25, 0.3) is 0 Å². The van der Waals surface area contributed by atoms with E-state index in [9.17, 15) is 9.59 Å². The highest BCUT2D eigenvalue weighted by Crippen LogP contribution is 1.98. The molecule has 0 amide bonds. The Morgan fingerprint density at radius 2 is 1.88 bits per heavy atom. The van der Waals surface area contributed by atoms with Gasteiger partial charge in [-0.25, -0.2) is 0 Å². The summed E-state index contributed by atoms with van der Waals surface area (Å²) in [6.45, 7) is 3.36. The highest BCUT2D eigenvalue weighted by atomic mass is 16.3. The molecule has 0 bridgehead atoms. The van der Waals surface area contributed by atoms with Gasteiger partial charge < -0.3 is 24.9 Å². The van der Waals surface area contributed by atoms with Crippen molar-refractivity contribution in [2.75, 3.05) is 6.61 Å². The summed E-state index contributed by atoms with van der Waals surface area (Å²) in [6.07, 6.45) is 2.31. The van der Waals surface area contributed by atoms with Crippen LogP contribution < -0.4 is 0 Å². The maximum Gasteiger partial charge on any atom is 0.148 e. The van der Waals surface area contributed by atoms with Crippen molar-refractivity contribution in [2.24, 2.45) is 0 Å². The van der Waals surface area contributed by atoms with E-state index in [2.05, 4.69) is 6.92 Å². The van der Waals surface area contributed by atoms with Gasteiger partial charge in [0.05, 0.1) is 12.7 Å². The minimum atomic E-state index is -1.16. The summed E-state index contributed by atoms with van der Waals surface area (Å²) in [7, 11) is 0. The molecule has 0 aromatic carbocycles. The molecule has 0 rings (SSSR count). The largest absolute Gasteiger partial charge is 0.394 e. The lowest BCUT2D eigenvalue weighted by molar-refractivity contribution is -0.117. The Kier molecular flexibility index (Phi) is 14.5. The number of unbranched alkanes of at least 4 members (excludes halogenated alkanes) is 2. The molecular formula is C12H24O5. The molecule has 0 aromatic heterocycles. The molecule has 5 nitrogen and oxygen atoms in total. The molecule has 0 saturated carbocycles. The summed E-state index contributed by atoms with van der Waals surface area (Å²) in [4.78, 5) is 20.0. The lowest BCUT2D eigenvalue weighted by Crippen LogP contribution is -2.21. The van der Waals surface area contributed by atoms with Gasteiger partial charge in [0.1, 0.15) is 18.2 Å². The number of hydrogen-bond donors (Lipinski definition) is 3. The Morgan fingerprint density at radius 3 is 2.24 bits per heavy atom. The first kappa shape index (κ1) is 18.6. The highest BCUT2D eigenvalue weighted by molar-refractivity contribution is 5.75. The number of aliphatic hydroxyl groups is 3. The van der Waals surface area contributed by atoms with E-state index in [0.29, 0.717) is 12.1 Å². The van der Waals surface area contributed by atoms with Crippen LogP contribution in [0.25, 0.3) is 0 Å². The van der Waals surface area contributed by atoms with Gasteiger partial charge in [-0.15, -0.1) is 0 Å². The highest BCUT2D eigenvalue weighted by Gasteiger charge is 2.08.